The molecule has 0 aliphatic carbocycles. The summed E-state index contributed by atoms with van der Waals surface area (Å²) in [5.41, 5.74) is 8.59. The Balaban J connectivity index is 2.09. The predicted octanol–water partition coefficient (Wildman–Crippen LogP) is 3.57. The minimum absolute atomic E-state index is 0.721. The molecule has 20 heavy (non-hydrogen) atoms. The first kappa shape index (κ1) is 12.3. The molecule has 100 valence electrons. The van der Waals surface area contributed by atoms with Crippen molar-refractivity contribution in [2.75, 3.05) is 18.2 Å². The molecule has 0 bridgehead atoms. The number of para-hydroxylation sites is 2. The Hall–Kier alpha value is -2.75. The minimum Gasteiger partial charge on any atom is -0.495 e. The van der Waals surface area contributed by atoms with E-state index in [0.29, 0.717) is 0 Å². The van der Waals surface area contributed by atoms with Crippen LogP contribution in [0.15, 0.2) is 54.9 Å². The van der Waals surface area contributed by atoms with Crippen molar-refractivity contribution in [2.24, 2.45) is 0 Å². The molecule has 3 rings (SSSR count). The molecule has 0 aliphatic heterocycles. The number of benzene rings is 2. The van der Waals surface area contributed by atoms with Gasteiger partial charge in [0.15, 0.2) is 0 Å². The Labute approximate surface area is 117 Å². The van der Waals surface area contributed by atoms with Gasteiger partial charge in [0.25, 0.3) is 0 Å². The number of nitrogen functional groups attached to an aromatic ring is 1. The van der Waals surface area contributed by atoms with Crippen LogP contribution < -0.4 is 15.8 Å². The number of fused-ring (bicyclic) bond motifs is 1. The van der Waals surface area contributed by atoms with Crippen LogP contribution in [0.5, 0.6) is 5.75 Å². The van der Waals surface area contributed by atoms with Gasteiger partial charge in [-0.1, -0.05) is 12.1 Å². The lowest BCUT2D eigenvalue weighted by molar-refractivity contribution is 0.417. The predicted molar refractivity (Wildman–Crippen MR) is 82.4 cm³/mol. The number of hydrogen-bond acceptors (Lipinski definition) is 4. The van der Waals surface area contributed by atoms with Crippen molar-refractivity contribution < 1.29 is 4.74 Å². The smallest absolute Gasteiger partial charge is 0.142 e. The summed E-state index contributed by atoms with van der Waals surface area (Å²) in [5.74, 6) is 0.798. The molecule has 1 heterocycles. The van der Waals surface area contributed by atoms with Crippen LogP contribution in [-0.4, -0.2) is 12.1 Å². The topological polar surface area (TPSA) is 60.2 Å². The van der Waals surface area contributed by atoms with Gasteiger partial charge in [0, 0.05) is 34.5 Å². The van der Waals surface area contributed by atoms with Crippen LogP contribution in [0.3, 0.4) is 0 Å². The van der Waals surface area contributed by atoms with E-state index in [1.807, 2.05) is 42.5 Å². The minimum atomic E-state index is 0.721. The molecule has 0 unspecified atom stereocenters. The van der Waals surface area contributed by atoms with Crippen molar-refractivity contribution in [3.05, 3.63) is 54.9 Å². The number of pyridine rings is 1. The van der Waals surface area contributed by atoms with E-state index in [2.05, 4.69) is 10.3 Å². The summed E-state index contributed by atoms with van der Waals surface area (Å²) in [6.07, 6.45) is 3.53. The second-order valence-electron chi connectivity index (χ2n) is 4.45. The number of aromatic nitrogens is 1. The van der Waals surface area contributed by atoms with Gasteiger partial charge in [-0.2, -0.15) is 0 Å². The summed E-state index contributed by atoms with van der Waals surface area (Å²) in [6, 6.07) is 13.6. The Morgan fingerprint density at radius 3 is 2.70 bits per heavy atom. The third-order valence-corrected chi connectivity index (χ3v) is 3.23. The fourth-order valence-corrected chi connectivity index (χ4v) is 2.21. The number of nitrogens with one attached hydrogen (secondary N) is 1. The molecule has 0 amide bonds. The first-order valence-electron chi connectivity index (χ1n) is 6.32. The highest BCUT2D eigenvalue weighted by Gasteiger charge is 2.07. The lowest BCUT2D eigenvalue weighted by Gasteiger charge is -2.13. The zero-order chi connectivity index (χ0) is 13.9. The summed E-state index contributed by atoms with van der Waals surface area (Å²) < 4.78 is 5.35. The number of nitrogens with two attached hydrogens (primary N) is 1. The lowest BCUT2D eigenvalue weighted by Crippen LogP contribution is -1.96. The number of hydrogen-bond donors (Lipinski definition) is 2. The van der Waals surface area contributed by atoms with Crippen molar-refractivity contribution >= 4 is 27.8 Å². The maximum atomic E-state index is 5.98. The van der Waals surface area contributed by atoms with E-state index in [0.717, 1.165) is 33.6 Å². The standard InChI is InChI=1S/C16H15N3O/c1-20-16-5-3-2-4-15(16)19-14-7-6-13(17)12-10-18-9-8-11(12)14/h2-10,19H,17H2,1H3. The molecule has 0 spiro atoms. The fraction of sp³-hybridized carbons (Fsp3) is 0.0625. The average molecular weight is 265 g/mol. The number of anilines is 3. The molecule has 0 fully saturated rings. The van der Waals surface area contributed by atoms with Crippen LogP contribution in [0, 0.1) is 0 Å². The zero-order valence-electron chi connectivity index (χ0n) is 11.1. The molecular weight excluding hydrogens is 250 g/mol. The van der Waals surface area contributed by atoms with Gasteiger partial charge in [-0.15, -0.1) is 0 Å². The maximum absolute atomic E-state index is 5.98. The molecule has 1 aromatic heterocycles. The monoisotopic (exact) mass is 265 g/mol. The van der Waals surface area contributed by atoms with E-state index in [9.17, 15) is 0 Å². The molecule has 0 saturated carbocycles. The quantitative estimate of drug-likeness (QED) is 0.711. The van der Waals surface area contributed by atoms with Gasteiger partial charge < -0.3 is 15.8 Å². The summed E-state index contributed by atoms with van der Waals surface area (Å²) in [6.45, 7) is 0. The fourth-order valence-electron chi connectivity index (χ4n) is 2.21. The normalized spacial score (nSPS) is 10.4. The second-order valence-corrected chi connectivity index (χ2v) is 4.45. The van der Waals surface area contributed by atoms with Crippen molar-refractivity contribution in [3.63, 3.8) is 0 Å². The van der Waals surface area contributed by atoms with Crippen molar-refractivity contribution in [2.45, 2.75) is 0 Å². The molecule has 0 aliphatic rings. The Morgan fingerprint density at radius 1 is 1.00 bits per heavy atom. The first-order chi connectivity index (χ1) is 9.79. The largest absolute Gasteiger partial charge is 0.495 e. The highest BCUT2D eigenvalue weighted by Crippen LogP contribution is 2.32. The Morgan fingerprint density at radius 2 is 1.85 bits per heavy atom. The molecule has 0 atom stereocenters. The first-order valence-corrected chi connectivity index (χ1v) is 6.32. The summed E-state index contributed by atoms with van der Waals surface area (Å²) in [7, 11) is 1.66. The second kappa shape index (κ2) is 5.09. The van der Waals surface area contributed by atoms with Gasteiger partial charge >= 0.3 is 0 Å². The van der Waals surface area contributed by atoms with Crippen molar-refractivity contribution in [1.29, 1.82) is 0 Å². The number of nitrogens with zero attached hydrogens (tertiary/aromatic N) is 1. The van der Waals surface area contributed by atoms with Crippen LogP contribution in [0.1, 0.15) is 0 Å². The van der Waals surface area contributed by atoms with Crippen molar-refractivity contribution in [1.82, 2.24) is 4.98 Å². The van der Waals surface area contributed by atoms with E-state index in [1.54, 1.807) is 19.5 Å². The molecule has 3 aromatic rings. The summed E-state index contributed by atoms with van der Waals surface area (Å²) in [5, 5.41) is 5.36. The Bertz CT molecular complexity index is 756. The van der Waals surface area contributed by atoms with Crippen LogP contribution in [0.4, 0.5) is 17.1 Å². The van der Waals surface area contributed by atoms with E-state index in [1.165, 1.54) is 0 Å². The van der Waals surface area contributed by atoms with E-state index in [-0.39, 0.29) is 0 Å². The number of ether oxygens (including phenoxy) is 1. The maximum Gasteiger partial charge on any atom is 0.142 e. The summed E-state index contributed by atoms with van der Waals surface area (Å²) in [4.78, 5) is 4.12. The average Bonchev–Trinajstić information content (AvgIpc) is 2.51. The third kappa shape index (κ3) is 2.12. The van der Waals surface area contributed by atoms with E-state index >= 15 is 0 Å². The van der Waals surface area contributed by atoms with Crippen molar-refractivity contribution in [3.8, 4) is 5.75 Å². The molecule has 0 saturated heterocycles. The van der Waals surface area contributed by atoms with Gasteiger partial charge in [0.2, 0.25) is 0 Å². The molecule has 0 radical (unpaired) electrons. The Kier molecular flexibility index (Phi) is 3.13. The summed E-state index contributed by atoms with van der Waals surface area (Å²) >= 11 is 0. The third-order valence-electron chi connectivity index (χ3n) is 3.23. The number of methoxy groups -OCH3 is 1. The van der Waals surface area contributed by atoms with Gasteiger partial charge in [0.05, 0.1) is 12.8 Å². The molecule has 4 heteroatoms. The van der Waals surface area contributed by atoms with E-state index in [4.69, 9.17) is 10.5 Å². The highest BCUT2D eigenvalue weighted by molar-refractivity contribution is 6.01. The van der Waals surface area contributed by atoms with Crippen LogP contribution in [0.25, 0.3) is 10.8 Å². The van der Waals surface area contributed by atoms with E-state index < -0.39 is 0 Å². The van der Waals surface area contributed by atoms with Crippen LogP contribution >= 0.6 is 0 Å². The van der Waals surface area contributed by atoms with Crippen LogP contribution in [0.2, 0.25) is 0 Å². The SMILES string of the molecule is COc1ccccc1Nc1ccc(N)c2cnccc12. The highest BCUT2D eigenvalue weighted by atomic mass is 16.5. The van der Waals surface area contributed by atoms with Gasteiger partial charge in [-0.05, 0) is 30.3 Å². The zero-order valence-corrected chi connectivity index (χ0v) is 11.1. The van der Waals surface area contributed by atoms with Gasteiger partial charge in [-0.3, -0.25) is 4.98 Å². The lowest BCUT2D eigenvalue weighted by atomic mass is 10.1. The molecular formula is C16H15N3O. The van der Waals surface area contributed by atoms with Crippen LogP contribution in [-0.2, 0) is 0 Å². The number of rotatable bonds is 3. The molecule has 3 N–H and O–H groups in total. The van der Waals surface area contributed by atoms with Gasteiger partial charge in [0.1, 0.15) is 5.75 Å². The molecule has 4 nitrogen and oxygen atoms in total. The molecule has 2 aromatic carbocycles. The van der Waals surface area contributed by atoms with Gasteiger partial charge in [-0.25, -0.2) is 0 Å².